The van der Waals surface area contributed by atoms with Crippen molar-refractivity contribution in [3.63, 3.8) is 0 Å². The van der Waals surface area contributed by atoms with E-state index < -0.39 is 17.4 Å². The van der Waals surface area contributed by atoms with Crippen molar-refractivity contribution in [2.45, 2.75) is 24.9 Å². The summed E-state index contributed by atoms with van der Waals surface area (Å²) < 4.78 is 0. The summed E-state index contributed by atoms with van der Waals surface area (Å²) in [5.74, 6) is -0.114. The third-order valence-corrected chi connectivity index (χ3v) is 3.81. The second-order valence-corrected chi connectivity index (χ2v) is 5.09. The smallest absolute Gasteiger partial charge is 0.217 e. The molecule has 0 aromatic rings. The molecule has 0 aliphatic carbocycles. The predicted octanol–water partition coefficient (Wildman–Crippen LogP) is -0.649. The zero-order valence-corrected chi connectivity index (χ0v) is 10.6. The highest BCUT2D eigenvalue weighted by Gasteiger charge is 2.48. The molecule has 1 unspecified atom stereocenters. The van der Waals surface area contributed by atoms with Crippen LogP contribution in [0, 0.1) is 0 Å². The van der Waals surface area contributed by atoms with Gasteiger partial charge in [0.2, 0.25) is 11.0 Å². The van der Waals surface area contributed by atoms with Gasteiger partial charge < -0.3 is 11.1 Å². The number of thiol groups is 1. The molecule has 1 saturated heterocycles. The van der Waals surface area contributed by atoms with Gasteiger partial charge in [0.15, 0.2) is 5.78 Å². The number of nitrogens with one attached hydrogen (secondary N) is 1. The molecular weight excluding hydrogens is 248 g/mol. The number of Topliss-reactive ketones (excluding diaryl/α,β-unsaturated/α-hetero) is 1. The molecule has 0 spiro atoms. The Hall–Kier alpha value is -0.530. The zero-order chi connectivity index (χ0) is 12.3. The van der Waals surface area contributed by atoms with Crippen LogP contribution in [-0.4, -0.2) is 39.9 Å². The van der Waals surface area contributed by atoms with E-state index in [4.69, 9.17) is 5.73 Å². The fraction of sp³-hybridized carbons (Fsp3) is 0.667. The molecule has 1 heterocycles. The van der Waals surface area contributed by atoms with Crippen LogP contribution in [0.15, 0.2) is 0 Å². The fourth-order valence-electron chi connectivity index (χ4n) is 1.51. The average molecular weight is 262 g/mol. The van der Waals surface area contributed by atoms with Gasteiger partial charge in [-0.25, -0.2) is 0 Å². The van der Waals surface area contributed by atoms with Gasteiger partial charge in [-0.05, 0) is 6.42 Å². The maximum Gasteiger partial charge on any atom is 0.217 e. The minimum Gasteiger partial charge on any atom is -0.346 e. The fourth-order valence-corrected chi connectivity index (χ4v) is 2.84. The van der Waals surface area contributed by atoms with Crippen molar-refractivity contribution >= 4 is 41.2 Å². The lowest BCUT2D eigenvalue weighted by Gasteiger charge is -2.24. The van der Waals surface area contributed by atoms with Crippen LogP contribution in [0.1, 0.15) is 13.3 Å². The highest BCUT2D eigenvalue weighted by Crippen LogP contribution is 2.29. The van der Waals surface area contributed by atoms with Crippen molar-refractivity contribution in [1.29, 1.82) is 0 Å². The summed E-state index contributed by atoms with van der Waals surface area (Å²) in [5.41, 5.74) is 4.34. The van der Waals surface area contributed by atoms with Gasteiger partial charge in [-0.15, -0.1) is 0 Å². The quantitative estimate of drug-likeness (QED) is 0.463. The lowest BCUT2D eigenvalue weighted by atomic mass is 9.89. The van der Waals surface area contributed by atoms with E-state index in [9.17, 15) is 14.4 Å². The normalized spacial score (nSPS) is 26.6. The van der Waals surface area contributed by atoms with E-state index in [2.05, 4.69) is 17.9 Å². The first-order chi connectivity index (χ1) is 7.41. The predicted molar refractivity (Wildman–Crippen MR) is 65.5 cm³/mol. The number of thioether (sulfide) groups is 1. The summed E-state index contributed by atoms with van der Waals surface area (Å²) in [6.07, 6.45) is 0.319. The average Bonchev–Trinajstić information content (AvgIpc) is 2.56. The monoisotopic (exact) mass is 262 g/mol. The Labute approximate surface area is 103 Å². The van der Waals surface area contributed by atoms with Crippen LogP contribution in [0.2, 0.25) is 0 Å². The SMILES string of the molecule is CC(=O)N[C@@H](CS)C(=O)C1(N)CCSC1=O. The number of carbonyl (C=O) groups is 3. The Morgan fingerprint density at radius 3 is 2.69 bits per heavy atom. The van der Waals surface area contributed by atoms with Crippen molar-refractivity contribution < 1.29 is 14.4 Å². The van der Waals surface area contributed by atoms with Crippen LogP contribution in [0.4, 0.5) is 0 Å². The molecule has 3 N–H and O–H groups in total. The molecule has 0 bridgehead atoms. The molecule has 1 aliphatic rings. The van der Waals surface area contributed by atoms with Gasteiger partial charge in [0.05, 0.1) is 6.04 Å². The molecular formula is C9H14N2O3S2. The molecule has 16 heavy (non-hydrogen) atoms. The van der Waals surface area contributed by atoms with Crippen LogP contribution in [0.25, 0.3) is 0 Å². The topological polar surface area (TPSA) is 89.3 Å². The Balaban J connectivity index is 2.82. The molecule has 0 radical (unpaired) electrons. The van der Waals surface area contributed by atoms with Gasteiger partial charge in [-0.1, -0.05) is 11.8 Å². The van der Waals surface area contributed by atoms with Gasteiger partial charge in [-0.2, -0.15) is 12.6 Å². The summed E-state index contributed by atoms with van der Waals surface area (Å²) >= 11 is 5.04. The first-order valence-corrected chi connectivity index (χ1v) is 6.42. The molecule has 1 aliphatic heterocycles. The highest BCUT2D eigenvalue weighted by atomic mass is 32.2. The Kier molecular flexibility index (Phi) is 4.40. The maximum absolute atomic E-state index is 12.0. The second-order valence-electron chi connectivity index (χ2n) is 3.66. The molecule has 0 saturated carbocycles. The Morgan fingerprint density at radius 2 is 2.31 bits per heavy atom. The van der Waals surface area contributed by atoms with Crippen LogP contribution in [0.3, 0.4) is 0 Å². The van der Waals surface area contributed by atoms with Crippen LogP contribution in [-0.2, 0) is 14.4 Å². The number of rotatable bonds is 4. The second kappa shape index (κ2) is 5.20. The first kappa shape index (κ1) is 13.5. The first-order valence-electron chi connectivity index (χ1n) is 4.80. The van der Waals surface area contributed by atoms with Crippen molar-refractivity contribution in [1.82, 2.24) is 5.32 Å². The third kappa shape index (κ3) is 2.58. The molecule has 5 nitrogen and oxygen atoms in total. The Morgan fingerprint density at radius 1 is 1.69 bits per heavy atom. The van der Waals surface area contributed by atoms with Crippen molar-refractivity contribution in [3.05, 3.63) is 0 Å². The molecule has 0 aromatic heterocycles. The van der Waals surface area contributed by atoms with E-state index in [1.54, 1.807) is 0 Å². The number of nitrogens with two attached hydrogens (primary N) is 1. The van der Waals surface area contributed by atoms with Gasteiger partial charge in [0.25, 0.3) is 0 Å². The van der Waals surface area contributed by atoms with Crippen molar-refractivity contribution in [2.24, 2.45) is 5.73 Å². The minimum atomic E-state index is -1.46. The lowest BCUT2D eigenvalue weighted by molar-refractivity contribution is -0.133. The molecule has 7 heteroatoms. The number of hydrogen-bond donors (Lipinski definition) is 3. The summed E-state index contributed by atoms with van der Waals surface area (Å²) in [6.45, 7) is 1.30. The van der Waals surface area contributed by atoms with Crippen molar-refractivity contribution in [2.75, 3.05) is 11.5 Å². The zero-order valence-electron chi connectivity index (χ0n) is 8.86. The maximum atomic E-state index is 12.0. The summed E-state index contributed by atoms with van der Waals surface area (Å²) in [7, 11) is 0. The molecule has 1 amide bonds. The van der Waals surface area contributed by atoms with Crippen LogP contribution >= 0.6 is 24.4 Å². The third-order valence-electron chi connectivity index (χ3n) is 2.41. The molecule has 1 rings (SSSR count). The molecule has 90 valence electrons. The molecule has 1 fully saturated rings. The standard InChI is InChI=1S/C9H14N2O3S2/c1-5(12)11-6(4-15)7(13)9(10)2-3-16-8(9)14/h6,15H,2-4,10H2,1H3,(H,11,12)/t6-,9?/m0/s1. The van der Waals surface area contributed by atoms with E-state index in [-0.39, 0.29) is 16.8 Å². The molecule has 0 aromatic carbocycles. The van der Waals surface area contributed by atoms with Gasteiger partial charge in [0, 0.05) is 18.4 Å². The number of amides is 1. The van der Waals surface area contributed by atoms with Gasteiger partial charge in [0.1, 0.15) is 5.54 Å². The lowest BCUT2D eigenvalue weighted by Crippen LogP contribution is -2.59. The van der Waals surface area contributed by atoms with Crippen LogP contribution in [0.5, 0.6) is 0 Å². The summed E-state index contributed by atoms with van der Waals surface area (Å²) in [4.78, 5) is 34.4. The van der Waals surface area contributed by atoms with E-state index in [0.717, 1.165) is 11.8 Å². The van der Waals surface area contributed by atoms with E-state index >= 15 is 0 Å². The van der Waals surface area contributed by atoms with Crippen molar-refractivity contribution in [3.8, 4) is 0 Å². The minimum absolute atomic E-state index is 0.134. The van der Waals surface area contributed by atoms with E-state index in [0.29, 0.717) is 12.2 Å². The molecule has 2 atom stereocenters. The highest BCUT2D eigenvalue weighted by molar-refractivity contribution is 8.14. The van der Waals surface area contributed by atoms with Gasteiger partial charge in [-0.3, -0.25) is 14.4 Å². The number of carbonyl (C=O) groups excluding carboxylic acids is 3. The number of hydrogen-bond acceptors (Lipinski definition) is 6. The van der Waals surface area contributed by atoms with Crippen LogP contribution < -0.4 is 11.1 Å². The van der Waals surface area contributed by atoms with E-state index in [1.165, 1.54) is 6.92 Å². The Bertz CT molecular complexity index is 335. The largest absolute Gasteiger partial charge is 0.346 e. The summed E-state index contributed by atoms with van der Waals surface area (Å²) in [5, 5.41) is 2.12. The number of ketones is 1. The van der Waals surface area contributed by atoms with Gasteiger partial charge >= 0.3 is 0 Å². The summed E-state index contributed by atoms with van der Waals surface area (Å²) in [6, 6.07) is -0.798. The van der Waals surface area contributed by atoms with E-state index in [1.807, 2.05) is 0 Å².